The Balaban J connectivity index is 1.53. The first-order valence-electron chi connectivity index (χ1n) is 10.1. The van der Waals surface area contributed by atoms with Gasteiger partial charge in [0, 0.05) is 38.1 Å². The number of rotatable bonds is 7. The fourth-order valence-corrected chi connectivity index (χ4v) is 4.00. The summed E-state index contributed by atoms with van der Waals surface area (Å²) in [6.07, 6.45) is 2.51. The van der Waals surface area contributed by atoms with Crippen LogP contribution in [0.25, 0.3) is 0 Å². The Morgan fingerprint density at radius 3 is 2.64 bits per heavy atom. The van der Waals surface area contributed by atoms with E-state index in [1.54, 1.807) is 0 Å². The van der Waals surface area contributed by atoms with Crippen LogP contribution in [0.5, 0.6) is 0 Å². The number of aliphatic imine (C=N–C) groups is 1. The van der Waals surface area contributed by atoms with E-state index in [-0.39, 0.29) is 0 Å². The summed E-state index contributed by atoms with van der Waals surface area (Å²) in [5.41, 5.74) is 1.46. The second-order valence-corrected chi connectivity index (χ2v) is 7.39. The molecular weight excluding hydrogens is 308 g/mol. The predicted octanol–water partition coefficient (Wildman–Crippen LogP) is 3.17. The summed E-state index contributed by atoms with van der Waals surface area (Å²) in [6.45, 7) is 13.3. The van der Waals surface area contributed by atoms with Gasteiger partial charge in [0.05, 0.1) is 0 Å². The largest absolute Gasteiger partial charge is 0.353 e. The Labute approximate surface area is 153 Å². The van der Waals surface area contributed by atoms with Gasteiger partial charge in [0.1, 0.15) is 0 Å². The summed E-state index contributed by atoms with van der Waals surface area (Å²) >= 11 is 0. The summed E-state index contributed by atoms with van der Waals surface area (Å²) in [7, 11) is 0. The van der Waals surface area contributed by atoms with Crippen LogP contribution in [-0.2, 0) is 0 Å². The van der Waals surface area contributed by atoms with E-state index in [9.17, 15) is 0 Å². The zero-order chi connectivity index (χ0) is 17.6. The van der Waals surface area contributed by atoms with Crippen molar-refractivity contribution in [3.05, 3.63) is 35.9 Å². The molecule has 2 fully saturated rings. The van der Waals surface area contributed by atoms with Crippen LogP contribution >= 0.6 is 0 Å². The van der Waals surface area contributed by atoms with Crippen molar-refractivity contribution < 1.29 is 0 Å². The van der Waals surface area contributed by atoms with Crippen LogP contribution in [-0.4, -0.2) is 61.1 Å². The smallest absolute Gasteiger partial charge is 0.194 e. The molecule has 3 atom stereocenters. The van der Waals surface area contributed by atoms with Crippen LogP contribution < -0.4 is 5.32 Å². The van der Waals surface area contributed by atoms with Gasteiger partial charge >= 0.3 is 0 Å². The molecule has 1 saturated heterocycles. The van der Waals surface area contributed by atoms with E-state index in [4.69, 9.17) is 4.99 Å². The maximum atomic E-state index is 4.79. The third-order valence-electron chi connectivity index (χ3n) is 5.64. The minimum absolute atomic E-state index is 0.550. The first-order valence-corrected chi connectivity index (χ1v) is 10.1. The molecule has 0 aromatic heterocycles. The van der Waals surface area contributed by atoms with Crippen molar-refractivity contribution in [1.29, 1.82) is 0 Å². The first-order chi connectivity index (χ1) is 12.2. The van der Waals surface area contributed by atoms with Gasteiger partial charge in [0.15, 0.2) is 5.96 Å². The lowest BCUT2D eigenvalue weighted by molar-refractivity contribution is 0.255. The van der Waals surface area contributed by atoms with Gasteiger partial charge in [-0.1, -0.05) is 44.2 Å². The molecule has 1 aromatic carbocycles. The Morgan fingerprint density at radius 1 is 1.20 bits per heavy atom. The third kappa shape index (κ3) is 4.75. The van der Waals surface area contributed by atoms with Crippen LogP contribution in [0.1, 0.15) is 45.1 Å². The molecule has 0 spiro atoms. The van der Waals surface area contributed by atoms with Gasteiger partial charge in [0.2, 0.25) is 0 Å². The molecule has 1 aliphatic heterocycles. The van der Waals surface area contributed by atoms with E-state index in [0.29, 0.717) is 12.0 Å². The molecule has 4 nitrogen and oxygen atoms in total. The minimum Gasteiger partial charge on any atom is -0.353 e. The topological polar surface area (TPSA) is 30.9 Å². The zero-order valence-corrected chi connectivity index (χ0v) is 16.1. The molecule has 0 bridgehead atoms. The van der Waals surface area contributed by atoms with Gasteiger partial charge < -0.3 is 15.1 Å². The highest BCUT2D eigenvalue weighted by Crippen LogP contribution is 2.40. The standard InChI is InChI=1S/C21H34N4/c1-4-22-21(23-20-14-19(20)18-10-8-7-9-11-18)25-13-12-17(16-25)15-24(5-2)6-3/h7-11,17,19-20H,4-6,12-16H2,1-3H3,(H,22,23). The average Bonchev–Trinajstić information content (AvgIpc) is 3.26. The SMILES string of the molecule is CCN=C(NC1CC1c1ccccc1)N1CCC(CN(CC)CC)C1. The van der Waals surface area contributed by atoms with Crippen molar-refractivity contribution in [2.45, 2.75) is 45.6 Å². The quantitative estimate of drug-likeness (QED) is 0.610. The van der Waals surface area contributed by atoms with Crippen LogP contribution in [0, 0.1) is 5.92 Å². The third-order valence-corrected chi connectivity index (χ3v) is 5.64. The highest BCUT2D eigenvalue weighted by molar-refractivity contribution is 5.81. The molecule has 2 aliphatic rings. The van der Waals surface area contributed by atoms with Crippen molar-refractivity contribution in [3.63, 3.8) is 0 Å². The lowest BCUT2D eigenvalue weighted by Crippen LogP contribution is -2.42. The maximum Gasteiger partial charge on any atom is 0.194 e. The molecule has 4 heteroatoms. The van der Waals surface area contributed by atoms with Crippen molar-refractivity contribution in [3.8, 4) is 0 Å². The average molecular weight is 343 g/mol. The Hall–Kier alpha value is -1.55. The van der Waals surface area contributed by atoms with E-state index >= 15 is 0 Å². The van der Waals surface area contributed by atoms with Crippen LogP contribution in [0.3, 0.4) is 0 Å². The predicted molar refractivity (Wildman–Crippen MR) is 106 cm³/mol. The van der Waals surface area contributed by atoms with Crippen molar-refractivity contribution in [2.75, 3.05) is 39.3 Å². The first kappa shape index (κ1) is 18.2. The van der Waals surface area contributed by atoms with E-state index in [0.717, 1.165) is 44.6 Å². The fraction of sp³-hybridized carbons (Fsp3) is 0.667. The normalized spacial score (nSPS) is 26.3. The lowest BCUT2D eigenvalue weighted by atomic mass is 10.1. The highest BCUT2D eigenvalue weighted by atomic mass is 15.3. The molecule has 1 saturated carbocycles. The number of hydrogen-bond donors (Lipinski definition) is 1. The molecule has 0 radical (unpaired) electrons. The molecule has 0 amide bonds. The molecule has 25 heavy (non-hydrogen) atoms. The van der Waals surface area contributed by atoms with E-state index in [1.807, 2.05) is 0 Å². The molecular formula is C21H34N4. The monoisotopic (exact) mass is 342 g/mol. The summed E-state index contributed by atoms with van der Waals surface area (Å²) in [5.74, 6) is 2.55. The van der Waals surface area contributed by atoms with Gasteiger partial charge in [-0.2, -0.15) is 0 Å². The van der Waals surface area contributed by atoms with Gasteiger partial charge in [-0.05, 0) is 44.3 Å². The van der Waals surface area contributed by atoms with Gasteiger partial charge in [-0.15, -0.1) is 0 Å². The van der Waals surface area contributed by atoms with Gasteiger partial charge in [-0.25, -0.2) is 0 Å². The fourth-order valence-electron chi connectivity index (χ4n) is 4.00. The summed E-state index contributed by atoms with van der Waals surface area (Å²) < 4.78 is 0. The van der Waals surface area contributed by atoms with Gasteiger partial charge in [-0.3, -0.25) is 4.99 Å². The molecule has 3 rings (SSSR count). The number of guanidine groups is 1. The highest BCUT2D eigenvalue weighted by Gasteiger charge is 2.40. The van der Waals surface area contributed by atoms with Gasteiger partial charge in [0.25, 0.3) is 0 Å². The molecule has 138 valence electrons. The lowest BCUT2D eigenvalue weighted by Gasteiger charge is -2.24. The second-order valence-electron chi connectivity index (χ2n) is 7.39. The van der Waals surface area contributed by atoms with E-state index in [1.165, 1.54) is 24.9 Å². The number of benzene rings is 1. The van der Waals surface area contributed by atoms with Crippen LogP contribution in [0.2, 0.25) is 0 Å². The van der Waals surface area contributed by atoms with Crippen molar-refractivity contribution >= 4 is 5.96 Å². The van der Waals surface area contributed by atoms with E-state index in [2.05, 4.69) is 66.2 Å². The zero-order valence-electron chi connectivity index (χ0n) is 16.1. The Bertz CT molecular complexity index is 552. The van der Waals surface area contributed by atoms with Crippen LogP contribution in [0.15, 0.2) is 35.3 Å². The molecule has 3 unspecified atom stereocenters. The molecule has 1 N–H and O–H groups in total. The number of likely N-dealkylation sites (tertiary alicyclic amines) is 1. The number of hydrogen-bond acceptors (Lipinski definition) is 2. The van der Waals surface area contributed by atoms with Crippen molar-refractivity contribution in [2.24, 2.45) is 10.9 Å². The number of nitrogens with one attached hydrogen (secondary N) is 1. The number of nitrogens with zero attached hydrogens (tertiary/aromatic N) is 3. The molecule has 1 heterocycles. The summed E-state index contributed by atoms with van der Waals surface area (Å²) in [4.78, 5) is 9.82. The van der Waals surface area contributed by atoms with E-state index < -0.39 is 0 Å². The Morgan fingerprint density at radius 2 is 1.96 bits per heavy atom. The summed E-state index contributed by atoms with van der Waals surface area (Å²) in [5, 5.41) is 3.75. The summed E-state index contributed by atoms with van der Waals surface area (Å²) in [6, 6.07) is 11.4. The molecule has 1 aliphatic carbocycles. The minimum atomic E-state index is 0.550. The van der Waals surface area contributed by atoms with Crippen LogP contribution in [0.4, 0.5) is 0 Å². The Kier molecular flexibility index (Phi) is 6.35. The maximum absolute atomic E-state index is 4.79. The second kappa shape index (κ2) is 8.70. The molecule has 1 aromatic rings. The van der Waals surface area contributed by atoms with Crippen molar-refractivity contribution in [1.82, 2.24) is 15.1 Å².